The Hall–Kier alpha value is -2.29. The predicted molar refractivity (Wildman–Crippen MR) is 78.5 cm³/mol. The van der Waals surface area contributed by atoms with Crippen LogP contribution < -0.4 is 0 Å². The fourth-order valence-electron chi connectivity index (χ4n) is 2.57. The minimum Gasteiger partial charge on any atom is -0.480 e. The minimum absolute atomic E-state index is 0.270. The lowest BCUT2D eigenvalue weighted by Crippen LogP contribution is -2.47. The number of hydrogen-bond donors (Lipinski definition) is 2. The predicted octanol–water partition coefficient (Wildman–Crippen LogP) is 1.32. The molecule has 22 heavy (non-hydrogen) atoms. The number of aromatic nitrogens is 4. The molecule has 1 aliphatic rings. The Balaban J connectivity index is 1.90. The van der Waals surface area contributed by atoms with Crippen molar-refractivity contribution in [1.29, 1.82) is 0 Å². The Morgan fingerprint density at radius 1 is 1.45 bits per heavy atom. The molecule has 0 bridgehead atoms. The Morgan fingerprint density at radius 2 is 2.27 bits per heavy atom. The molecular formula is C13H15N5O3S. The first-order chi connectivity index (χ1) is 10.6. The average Bonchev–Trinajstić information content (AvgIpc) is 3.15. The van der Waals surface area contributed by atoms with Crippen LogP contribution in [-0.2, 0) is 4.79 Å². The molecule has 1 saturated heterocycles. The van der Waals surface area contributed by atoms with Gasteiger partial charge in [0.2, 0.25) is 0 Å². The van der Waals surface area contributed by atoms with Gasteiger partial charge in [-0.15, -0.1) is 11.3 Å². The third-order valence-electron chi connectivity index (χ3n) is 3.66. The second-order valence-electron chi connectivity index (χ2n) is 5.12. The van der Waals surface area contributed by atoms with Crippen LogP contribution in [0.15, 0.2) is 6.33 Å². The summed E-state index contributed by atoms with van der Waals surface area (Å²) < 4.78 is 0. The van der Waals surface area contributed by atoms with E-state index in [-0.39, 0.29) is 5.91 Å². The quantitative estimate of drug-likeness (QED) is 0.881. The van der Waals surface area contributed by atoms with E-state index in [0.717, 1.165) is 12.8 Å². The number of aliphatic carboxylic acids is 1. The van der Waals surface area contributed by atoms with Gasteiger partial charge in [0, 0.05) is 6.54 Å². The molecule has 0 radical (unpaired) electrons. The van der Waals surface area contributed by atoms with Crippen molar-refractivity contribution in [3.63, 3.8) is 0 Å². The molecular weight excluding hydrogens is 306 g/mol. The first-order valence-corrected chi connectivity index (χ1v) is 7.76. The van der Waals surface area contributed by atoms with Crippen molar-refractivity contribution in [3.05, 3.63) is 16.9 Å². The zero-order valence-corrected chi connectivity index (χ0v) is 12.8. The second-order valence-corrected chi connectivity index (χ2v) is 6.12. The van der Waals surface area contributed by atoms with E-state index in [9.17, 15) is 14.7 Å². The van der Waals surface area contributed by atoms with Gasteiger partial charge in [0.1, 0.15) is 17.2 Å². The Kier molecular flexibility index (Phi) is 3.88. The van der Waals surface area contributed by atoms with Gasteiger partial charge in [-0.2, -0.15) is 5.10 Å². The fraction of sp³-hybridized carbons (Fsp3) is 0.462. The molecule has 0 aliphatic carbocycles. The van der Waals surface area contributed by atoms with E-state index >= 15 is 0 Å². The van der Waals surface area contributed by atoms with Crippen molar-refractivity contribution >= 4 is 23.2 Å². The van der Waals surface area contributed by atoms with Gasteiger partial charge in [-0.05, 0) is 26.2 Å². The van der Waals surface area contributed by atoms with Crippen LogP contribution in [0.5, 0.6) is 0 Å². The standard InChI is InChI=1S/C13H15N5O3S/c1-7-9(22-11(16-7)10-14-6-15-17-10)12(19)18-5-3-2-4-8(18)13(20)21/h6,8H,2-5H2,1H3,(H,20,21)(H,14,15,17)/t8-/m1/s1. The van der Waals surface area contributed by atoms with E-state index in [0.29, 0.717) is 34.4 Å². The maximum absolute atomic E-state index is 12.7. The molecule has 2 aromatic rings. The zero-order valence-electron chi connectivity index (χ0n) is 11.9. The third-order valence-corrected chi connectivity index (χ3v) is 4.81. The van der Waals surface area contributed by atoms with E-state index in [1.54, 1.807) is 6.92 Å². The number of carbonyl (C=O) groups is 2. The normalized spacial score (nSPS) is 18.4. The molecule has 9 heteroatoms. The van der Waals surface area contributed by atoms with Gasteiger partial charge in [-0.1, -0.05) is 0 Å². The fourth-order valence-corrected chi connectivity index (χ4v) is 3.54. The molecule has 2 N–H and O–H groups in total. The summed E-state index contributed by atoms with van der Waals surface area (Å²) in [6.45, 7) is 2.20. The number of carboxylic acid groups (broad SMARTS) is 1. The molecule has 2 aromatic heterocycles. The second kappa shape index (κ2) is 5.84. The number of likely N-dealkylation sites (tertiary alicyclic amines) is 1. The molecule has 0 unspecified atom stereocenters. The molecule has 1 fully saturated rings. The van der Waals surface area contributed by atoms with Crippen molar-refractivity contribution in [2.45, 2.75) is 32.2 Å². The molecule has 116 valence electrons. The molecule has 3 heterocycles. The summed E-state index contributed by atoms with van der Waals surface area (Å²) in [5.41, 5.74) is 0.580. The number of carboxylic acids is 1. The number of H-pyrrole nitrogens is 1. The SMILES string of the molecule is Cc1nc(-c2ncn[nH]2)sc1C(=O)N1CCCC[C@@H]1C(=O)O. The summed E-state index contributed by atoms with van der Waals surface area (Å²) in [5, 5.41) is 16.3. The highest BCUT2D eigenvalue weighted by atomic mass is 32.1. The smallest absolute Gasteiger partial charge is 0.326 e. The third kappa shape index (κ3) is 2.59. The lowest BCUT2D eigenvalue weighted by Gasteiger charge is -2.32. The Labute approximate surface area is 130 Å². The Bertz CT molecular complexity index is 697. The summed E-state index contributed by atoms with van der Waals surface area (Å²) in [5.74, 6) is -0.723. The molecule has 1 atom stereocenters. The summed E-state index contributed by atoms with van der Waals surface area (Å²) >= 11 is 1.20. The van der Waals surface area contributed by atoms with E-state index in [4.69, 9.17) is 0 Å². The first-order valence-electron chi connectivity index (χ1n) is 6.95. The van der Waals surface area contributed by atoms with Crippen LogP contribution in [-0.4, -0.2) is 54.6 Å². The van der Waals surface area contributed by atoms with Crippen LogP contribution >= 0.6 is 11.3 Å². The van der Waals surface area contributed by atoms with Crippen LogP contribution in [0.2, 0.25) is 0 Å². The van der Waals surface area contributed by atoms with Crippen LogP contribution in [0, 0.1) is 6.92 Å². The first kappa shape index (κ1) is 14.6. The lowest BCUT2D eigenvalue weighted by molar-refractivity contribution is -0.143. The van der Waals surface area contributed by atoms with Crippen molar-refractivity contribution in [1.82, 2.24) is 25.1 Å². The maximum atomic E-state index is 12.7. The zero-order chi connectivity index (χ0) is 15.7. The van der Waals surface area contributed by atoms with Crippen LogP contribution in [0.25, 0.3) is 10.8 Å². The van der Waals surface area contributed by atoms with Crippen molar-refractivity contribution < 1.29 is 14.7 Å². The highest BCUT2D eigenvalue weighted by Crippen LogP contribution is 2.28. The number of thiazole rings is 1. The monoisotopic (exact) mass is 321 g/mol. The largest absolute Gasteiger partial charge is 0.480 e. The van der Waals surface area contributed by atoms with Gasteiger partial charge in [0.25, 0.3) is 5.91 Å². The molecule has 8 nitrogen and oxygen atoms in total. The number of rotatable bonds is 3. The highest BCUT2D eigenvalue weighted by Gasteiger charge is 2.34. The summed E-state index contributed by atoms with van der Waals surface area (Å²) in [4.78, 5) is 34.3. The Morgan fingerprint density at radius 3 is 2.95 bits per heavy atom. The van der Waals surface area contributed by atoms with Gasteiger partial charge >= 0.3 is 5.97 Å². The van der Waals surface area contributed by atoms with E-state index in [1.807, 2.05) is 0 Å². The van der Waals surface area contributed by atoms with Gasteiger partial charge < -0.3 is 10.0 Å². The molecule has 1 amide bonds. The molecule has 0 saturated carbocycles. The van der Waals surface area contributed by atoms with Gasteiger partial charge in [-0.3, -0.25) is 9.89 Å². The van der Waals surface area contributed by atoms with Crippen molar-refractivity contribution in [2.75, 3.05) is 6.54 Å². The topological polar surface area (TPSA) is 112 Å². The number of carbonyl (C=O) groups excluding carboxylic acids is 1. The number of amides is 1. The van der Waals surface area contributed by atoms with Crippen LogP contribution in [0.1, 0.15) is 34.6 Å². The highest BCUT2D eigenvalue weighted by molar-refractivity contribution is 7.17. The number of nitrogens with zero attached hydrogens (tertiary/aromatic N) is 4. The van der Waals surface area contributed by atoms with Gasteiger partial charge in [0.15, 0.2) is 10.8 Å². The van der Waals surface area contributed by atoms with Crippen LogP contribution in [0.4, 0.5) is 0 Å². The van der Waals surface area contributed by atoms with E-state index in [2.05, 4.69) is 20.2 Å². The molecule has 0 spiro atoms. The molecule has 3 rings (SSSR count). The maximum Gasteiger partial charge on any atom is 0.326 e. The van der Waals surface area contributed by atoms with Crippen molar-refractivity contribution in [3.8, 4) is 10.8 Å². The van der Waals surface area contributed by atoms with Gasteiger partial charge in [0.05, 0.1) is 5.69 Å². The summed E-state index contributed by atoms with van der Waals surface area (Å²) in [6, 6.07) is -0.753. The molecule has 0 aromatic carbocycles. The number of piperidine rings is 1. The minimum atomic E-state index is -0.953. The van der Waals surface area contributed by atoms with E-state index < -0.39 is 12.0 Å². The number of nitrogens with one attached hydrogen (secondary N) is 1. The number of hydrogen-bond acceptors (Lipinski definition) is 6. The average molecular weight is 321 g/mol. The van der Waals surface area contributed by atoms with Gasteiger partial charge in [-0.25, -0.2) is 14.8 Å². The molecule has 1 aliphatic heterocycles. The number of aryl methyl sites for hydroxylation is 1. The lowest BCUT2D eigenvalue weighted by atomic mass is 10.0. The number of aromatic amines is 1. The summed E-state index contributed by atoms with van der Waals surface area (Å²) in [7, 11) is 0. The van der Waals surface area contributed by atoms with E-state index in [1.165, 1.54) is 22.6 Å². The van der Waals surface area contributed by atoms with Crippen molar-refractivity contribution in [2.24, 2.45) is 0 Å². The van der Waals surface area contributed by atoms with Crippen LogP contribution in [0.3, 0.4) is 0 Å². The summed E-state index contributed by atoms with van der Waals surface area (Å²) in [6.07, 6.45) is 3.51.